The first kappa shape index (κ1) is 21.4. The van der Waals surface area contributed by atoms with E-state index in [1.165, 1.54) is 16.7 Å². The van der Waals surface area contributed by atoms with E-state index < -0.39 is 11.9 Å². The molecule has 1 unspecified atom stereocenters. The number of para-hydroxylation sites is 1. The molecule has 0 radical (unpaired) electrons. The number of rotatable bonds is 6. The van der Waals surface area contributed by atoms with E-state index in [4.69, 9.17) is 4.74 Å². The van der Waals surface area contributed by atoms with Crippen LogP contribution in [0.25, 0.3) is 10.9 Å². The van der Waals surface area contributed by atoms with Gasteiger partial charge in [0.05, 0.1) is 11.1 Å². The van der Waals surface area contributed by atoms with Crippen LogP contribution < -0.4 is 4.74 Å². The van der Waals surface area contributed by atoms with Crippen LogP contribution in [-0.4, -0.2) is 46.0 Å². The van der Waals surface area contributed by atoms with E-state index in [1.807, 2.05) is 36.5 Å². The summed E-state index contributed by atoms with van der Waals surface area (Å²) in [6, 6.07) is 14.2. The highest BCUT2D eigenvalue weighted by Gasteiger charge is 2.34. The van der Waals surface area contributed by atoms with Crippen LogP contribution in [0, 0.1) is 6.92 Å². The van der Waals surface area contributed by atoms with Crippen molar-refractivity contribution in [3.63, 3.8) is 0 Å². The Bertz CT molecular complexity index is 1110. The van der Waals surface area contributed by atoms with Gasteiger partial charge in [-0.2, -0.15) is 0 Å². The van der Waals surface area contributed by atoms with Gasteiger partial charge in [0.25, 0.3) is 0 Å². The first-order valence-corrected chi connectivity index (χ1v) is 11.8. The van der Waals surface area contributed by atoms with Gasteiger partial charge in [-0.05, 0) is 73.9 Å². The number of fused-ring (bicyclic) bond motifs is 2. The van der Waals surface area contributed by atoms with Crippen molar-refractivity contribution in [2.75, 3.05) is 19.6 Å². The lowest BCUT2D eigenvalue weighted by molar-refractivity contribution is -0.0479. The van der Waals surface area contributed by atoms with Gasteiger partial charge >= 0.3 is 0 Å². The molecule has 1 fully saturated rings. The Kier molecular flexibility index (Phi) is 5.89. The second-order valence-corrected chi connectivity index (χ2v) is 9.34. The molecule has 32 heavy (non-hydrogen) atoms. The Balaban J connectivity index is 1.15. The Morgan fingerprint density at radius 3 is 2.72 bits per heavy atom. The number of aliphatic hydroxyl groups excluding tert-OH is 1. The van der Waals surface area contributed by atoms with Crippen LogP contribution in [0.4, 0.5) is 0 Å². The number of ether oxygens (including phenoxy) is 1. The molecular formula is C27H32N2O3. The Hall–Kier alpha value is -2.47. The first-order chi connectivity index (χ1) is 15.5. The summed E-state index contributed by atoms with van der Waals surface area (Å²) in [6.07, 6.45) is 6.19. The van der Waals surface area contributed by atoms with Gasteiger partial charge in [-0.25, -0.2) is 0 Å². The largest absolute Gasteiger partial charge is 0.465 e. The summed E-state index contributed by atoms with van der Waals surface area (Å²) >= 11 is 0. The van der Waals surface area contributed by atoms with Crippen LogP contribution >= 0.6 is 0 Å². The predicted octanol–water partition coefficient (Wildman–Crippen LogP) is 4.10. The maximum atomic E-state index is 11.3. The van der Waals surface area contributed by atoms with E-state index >= 15 is 0 Å². The maximum absolute atomic E-state index is 11.3. The molecule has 3 aromatic rings. The van der Waals surface area contributed by atoms with Crippen LogP contribution in [0.2, 0.25) is 0 Å². The van der Waals surface area contributed by atoms with Gasteiger partial charge in [0, 0.05) is 43.2 Å². The average Bonchev–Trinajstić information content (AvgIpc) is 3.32. The topological polar surface area (TPSA) is 65.8 Å². The lowest BCUT2D eigenvalue weighted by atomic mass is 9.85. The first-order valence-electron chi connectivity index (χ1n) is 11.8. The molecule has 2 aromatic carbocycles. The van der Waals surface area contributed by atoms with Crippen LogP contribution in [0.5, 0.6) is 5.75 Å². The minimum Gasteiger partial charge on any atom is -0.465 e. The minimum absolute atomic E-state index is 0.554. The van der Waals surface area contributed by atoms with E-state index in [2.05, 4.69) is 28.9 Å². The van der Waals surface area contributed by atoms with E-state index in [-0.39, 0.29) is 0 Å². The van der Waals surface area contributed by atoms with Crippen molar-refractivity contribution in [2.24, 2.45) is 0 Å². The number of likely N-dealkylation sites (tertiary alicyclic amines) is 1. The summed E-state index contributed by atoms with van der Waals surface area (Å²) in [7, 11) is 0. The Morgan fingerprint density at radius 1 is 1.09 bits per heavy atom. The third kappa shape index (κ3) is 4.25. The van der Waals surface area contributed by atoms with E-state index in [0.717, 1.165) is 61.1 Å². The van der Waals surface area contributed by atoms with Crippen LogP contribution in [0.1, 0.15) is 47.9 Å². The third-order valence-electron chi connectivity index (χ3n) is 7.24. The SMILES string of the molecule is Cc1ccc(OC(O)CCN2CCC(O)(c3cnc4ccccc4c3)CC2)c2c1CCC2. The molecule has 1 aliphatic heterocycles. The highest BCUT2D eigenvalue weighted by Crippen LogP contribution is 2.35. The van der Waals surface area contributed by atoms with Crippen molar-refractivity contribution in [3.05, 3.63) is 70.9 Å². The molecule has 0 bridgehead atoms. The molecule has 5 nitrogen and oxygen atoms in total. The molecule has 1 saturated heterocycles. The van der Waals surface area contributed by atoms with Gasteiger partial charge in [-0.3, -0.25) is 4.98 Å². The number of hydrogen-bond acceptors (Lipinski definition) is 5. The summed E-state index contributed by atoms with van der Waals surface area (Å²) in [5.74, 6) is 0.840. The quantitative estimate of drug-likeness (QED) is 0.574. The zero-order chi connectivity index (χ0) is 22.1. The zero-order valence-electron chi connectivity index (χ0n) is 18.8. The number of aryl methyl sites for hydroxylation is 1. The summed E-state index contributed by atoms with van der Waals surface area (Å²) in [5.41, 5.74) is 4.99. The highest BCUT2D eigenvalue weighted by atomic mass is 16.6. The molecule has 0 spiro atoms. The van der Waals surface area contributed by atoms with Crippen molar-refractivity contribution >= 4 is 10.9 Å². The third-order valence-corrected chi connectivity index (χ3v) is 7.24. The van der Waals surface area contributed by atoms with Gasteiger partial charge in [-0.1, -0.05) is 24.3 Å². The predicted molar refractivity (Wildman–Crippen MR) is 126 cm³/mol. The number of nitrogens with zero attached hydrogens (tertiary/aromatic N) is 2. The summed E-state index contributed by atoms with van der Waals surface area (Å²) in [4.78, 5) is 6.83. The molecule has 2 N–H and O–H groups in total. The summed E-state index contributed by atoms with van der Waals surface area (Å²) in [6.45, 7) is 4.48. The normalized spacial score (nSPS) is 19.1. The molecule has 1 atom stereocenters. The summed E-state index contributed by atoms with van der Waals surface area (Å²) in [5, 5.41) is 22.8. The highest BCUT2D eigenvalue weighted by molar-refractivity contribution is 5.78. The number of piperidine rings is 1. The molecule has 1 aromatic heterocycles. The zero-order valence-corrected chi connectivity index (χ0v) is 18.8. The van der Waals surface area contributed by atoms with Crippen molar-refractivity contribution in [3.8, 4) is 5.75 Å². The molecule has 5 rings (SSSR count). The standard InChI is InChI=1S/C27H32N2O3/c1-19-9-10-25(23-7-4-6-22(19)23)32-26(30)11-14-29-15-12-27(31,13-16-29)21-17-20-5-2-3-8-24(20)28-18-21/h2-3,5,8-10,17-18,26,30-31H,4,6-7,11-16H2,1H3. The fourth-order valence-corrected chi connectivity index (χ4v) is 5.22. The van der Waals surface area contributed by atoms with Gasteiger partial charge in [0.1, 0.15) is 5.75 Å². The lowest BCUT2D eigenvalue weighted by Crippen LogP contribution is -2.43. The van der Waals surface area contributed by atoms with Gasteiger partial charge in [-0.15, -0.1) is 0 Å². The lowest BCUT2D eigenvalue weighted by Gasteiger charge is -2.38. The van der Waals surface area contributed by atoms with Crippen LogP contribution in [-0.2, 0) is 18.4 Å². The maximum Gasteiger partial charge on any atom is 0.198 e. The van der Waals surface area contributed by atoms with E-state index in [0.29, 0.717) is 19.3 Å². The van der Waals surface area contributed by atoms with Crippen LogP contribution in [0.15, 0.2) is 48.7 Å². The van der Waals surface area contributed by atoms with E-state index in [1.54, 1.807) is 0 Å². The van der Waals surface area contributed by atoms with Gasteiger partial charge < -0.3 is 19.8 Å². The number of aromatic nitrogens is 1. The number of benzene rings is 2. The van der Waals surface area contributed by atoms with Crippen molar-refractivity contribution in [1.29, 1.82) is 0 Å². The monoisotopic (exact) mass is 432 g/mol. The van der Waals surface area contributed by atoms with E-state index in [9.17, 15) is 10.2 Å². The molecule has 2 heterocycles. The average molecular weight is 433 g/mol. The fourth-order valence-electron chi connectivity index (χ4n) is 5.22. The van der Waals surface area contributed by atoms with Crippen molar-refractivity contribution < 1.29 is 14.9 Å². The minimum atomic E-state index is -0.842. The number of aliphatic hydroxyl groups is 2. The smallest absolute Gasteiger partial charge is 0.198 e. The number of pyridine rings is 1. The molecule has 5 heteroatoms. The molecule has 0 saturated carbocycles. The number of hydrogen-bond donors (Lipinski definition) is 2. The summed E-state index contributed by atoms with van der Waals surface area (Å²) < 4.78 is 5.93. The second kappa shape index (κ2) is 8.81. The van der Waals surface area contributed by atoms with Crippen molar-refractivity contribution in [2.45, 2.75) is 57.3 Å². The molecule has 2 aliphatic rings. The second-order valence-electron chi connectivity index (χ2n) is 9.34. The Morgan fingerprint density at radius 2 is 1.88 bits per heavy atom. The molecule has 0 amide bonds. The van der Waals surface area contributed by atoms with Crippen molar-refractivity contribution in [1.82, 2.24) is 9.88 Å². The molecule has 1 aliphatic carbocycles. The molecule has 168 valence electrons. The van der Waals surface area contributed by atoms with Gasteiger partial charge in [0.2, 0.25) is 0 Å². The Labute approximate surface area is 189 Å². The van der Waals surface area contributed by atoms with Crippen LogP contribution in [0.3, 0.4) is 0 Å². The fraction of sp³-hybridized carbons (Fsp3) is 0.444. The molecular weight excluding hydrogens is 400 g/mol. The van der Waals surface area contributed by atoms with Gasteiger partial charge in [0.15, 0.2) is 6.29 Å².